The fourth-order valence-corrected chi connectivity index (χ4v) is 3.59. The number of carbonyl (C=O) groups excluding carboxylic acids is 1. The van der Waals surface area contributed by atoms with E-state index >= 15 is 0 Å². The molecule has 0 bridgehead atoms. The van der Waals surface area contributed by atoms with Gasteiger partial charge < -0.3 is 15.2 Å². The molecule has 1 aliphatic heterocycles. The van der Waals surface area contributed by atoms with E-state index in [1.54, 1.807) is 35.2 Å². The molecule has 1 saturated carbocycles. The third kappa shape index (κ3) is 3.99. The lowest BCUT2D eigenvalue weighted by Gasteiger charge is -2.29. The fraction of sp³-hybridized carbons (Fsp3) is 0.389. The van der Waals surface area contributed by atoms with Crippen LogP contribution in [0.3, 0.4) is 0 Å². The van der Waals surface area contributed by atoms with Crippen LogP contribution < -0.4 is 10.1 Å². The van der Waals surface area contributed by atoms with Crippen molar-refractivity contribution in [2.75, 3.05) is 6.61 Å². The van der Waals surface area contributed by atoms with Crippen molar-refractivity contribution in [1.29, 1.82) is 0 Å². The average Bonchev–Trinajstić information content (AvgIpc) is 2.88. The minimum Gasteiger partial charge on any atom is -0.481 e. The normalized spacial score (nSPS) is 20.0. The minimum atomic E-state index is -1.05. The van der Waals surface area contributed by atoms with Gasteiger partial charge in [0.15, 0.2) is 11.7 Å². The number of rotatable bonds is 5. The number of carboxylic acids is 1. The van der Waals surface area contributed by atoms with Gasteiger partial charge in [0.1, 0.15) is 11.4 Å². The molecule has 0 aromatic heterocycles. The van der Waals surface area contributed by atoms with Crippen LogP contribution >= 0.6 is 12.2 Å². The first-order chi connectivity index (χ1) is 12.1. The Kier molecular flexibility index (Phi) is 5.33. The van der Waals surface area contributed by atoms with Gasteiger partial charge in [-0.15, -0.1) is 0 Å². The number of carboxylic acid groups (broad SMARTS) is 1. The SMILES string of the molecule is O=C(O)COc1ccccc1/C=C1\NC(=S)N(C2CCCCC2)C1=O. The molecule has 2 fully saturated rings. The zero-order valence-electron chi connectivity index (χ0n) is 13.7. The smallest absolute Gasteiger partial charge is 0.341 e. The Balaban J connectivity index is 1.81. The average molecular weight is 360 g/mol. The molecule has 1 aromatic carbocycles. The van der Waals surface area contributed by atoms with Gasteiger partial charge >= 0.3 is 5.97 Å². The molecule has 1 saturated heterocycles. The first-order valence-electron chi connectivity index (χ1n) is 8.36. The van der Waals surface area contributed by atoms with Gasteiger partial charge in [-0.3, -0.25) is 9.69 Å². The van der Waals surface area contributed by atoms with Gasteiger partial charge in [-0.25, -0.2) is 4.79 Å². The number of carbonyl (C=O) groups is 2. The molecule has 1 aliphatic carbocycles. The van der Waals surface area contributed by atoms with Crippen molar-refractivity contribution in [2.24, 2.45) is 0 Å². The van der Waals surface area contributed by atoms with E-state index in [1.165, 1.54) is 6.42 Å². The predicted octanol–water partition coefficient (Wildman–Crippen LogP) is 2.54. The quantitative estimate of drug-likeness (QED) is 0.621. The first-order valence-corrected chi connectivity index (χ1v) is 8.77. The number of hydrogen-bond donors (Lipinski definition) is 2. The molecular weight excluding hydrogens is 340 g/mol. The van der Waals surface area contributed by atoms with E-state index < -0.39 is 12.6 Å². The van der Waals surface area contributed by atoms with E-state index in [0.29, 0.717) is 22.1 Å². The van der Waals surface area contributed by atoms with E-state index in [-0.39, 0.29) is 11.9 Å². The molecule has 2 N–H and O–H groups in total. The number of aliphatic carboxylic acids is 1. The second kappa shape index (κ2) is 7.65. The third-order valence-electron chi connectivity index (χ3n) is 4.42. The van der Waals surface area contributed by atoms with Crippen molar-refractivity contribution < 1.29 is 19.4 Å². The summed E-state index contributed by atoms with van der Waals surface area (Å²) in [5, 5.41) is 12.2. The zero-order valence-corrected chi connectivity index (χ0v) is 14.6. The van der Waals surface area contributed by atoms with Crippen LogP contribution in [0.2, 0.25) is 0 Å². The van der Waals surface area contributed by atoms with Crippen LogP contribution in [0.15, 0.2) is 30.0 Å². The fourth-order valence-electron chi connectivity index (χ4n) is 3.25. The molecule has 1 aromatic rings. The standard InChI is InChI=1S/C18H20N2O4S/c21-16(22)11-24-15-9-5-4-6-12(15)10-14-17(23)20(18(25)19-14)13-7-2-1-3-8-13/h4-6,9-10,13H,1-3,7-8,11H2,(H,19,25)(H,21,22)/b14-10-. The van der Waals surface area contributed by atoms with Crippen molar-refractivity contribution in [3.63, 3.8) is 0 Å². The van der Waals surface area contributed by atoms with Gasteiger partial charge in [-0.1, -0.05) is 37.5 Å². The summed E-state index contributed by atoms with van der Waals surface area (Å²) >= 11 is 5.35. The second-order valence-electron chi connectivity index (χ2n) is 6.18. The molecule has 2 aliphatic rings. The molecule has 1 amide bonds. The number of nitrogens with zero attached hydrogens (tertiary/aromatic N) is 1. The molecule has 132 valence electrons. The summed E-state index contributed by atoms with van der Waals surface area (Å²) in [4.78, 5) is 25.2. The summed E-state index contributed by atoms with van der Waals surface area (Å²) in [6.45, 7) is -0.436. The molecule has 0 unspecified atom stereocenters. The molecule has 6 nitrogen and oxygen atoms in total. The van der Waals surface area contributed by atoms with Crippen LogP contribution in [0.1, 0.15) is 37.7 Å². The Hall–Kier alpha value is -2.41. The number of thiocarbonyl (C=S) groups is 1. The highest BCUT2D eigenvalue weighted by molar-refractivity contribution is 7.80. The zero-order chi connectivity index (χ0) is 17.8. The number of para-hydroxylation sites is 1. The summed E-state index contributed by atoms with van der Waals surface area (Å²) in [5.41, 5.74) is 1.02. The lowest BCUT2D eigenvalue weighted by atomic mass is 9.94. The Morgan fingerprint density at radius 2 is 2.04 bits per heavy atom. The Labute approximate surface area is 151 Å². The van der Waals surface area contributed by atoms with E-state index in [0.717, 1.165) is 25.7 Å². The van der Waals surface area contributed by atoms with Crippen molar-refractivity contribution in [3.05, 3.63) is 35.5 Å². The van der Waals surface area contributed by atoms with E-state index in [4.69, 9.17) is 22.1 Å². The maximum atomic E-state index is 12.8. The molecule has 25 heavy (non-hydrogen) atoms. The number of hydrogen-bond acceptors (Lipinski definition) is 4. The topological polar surface area (TPSA) is 78.9 Å². The minimum absolute atomic E-state index is 0.134. The van der Waals surface area contributed by atoms with Gasteiger partial charge in [0.25, 0.3) is 5.91 Å². The molecule has 0 radical (unpaired) electrons. The van der Waals surface area contributed by atoms with Crippen LogP contribution in [0.5, 0.6) is 5.75 Å². The summed E-state index contributed by atoms with van der Waals surface area (Å²) in [5.74, 6) is -0.777. The molecule has 7 heteroatoms. The monoisotopic (exact) mass is 360 g/mol. The van der Waals surface area contributed by atoms with Crippen LogP contribution in [0.25, 0.3) is 6.08 Å². The summed E-state index contributed by atoms with van der Waals surface area (Å²) < 4.78 is 5.28. The highest BCUT2D eigenvalue weighted by Crippen LogP contribution is 2.28. The molecule has 0 atom stereocenters. The third-order valence-corrected chi connectivity index (χ3v) is 4.72. The van der Waals surface area contributed by atoms with Crippen molar-refractivity contribution >= 4 is 35.3 Å². The van der Waals surface area contributed by atoms with Crippen LogP contribution in [0, 0.1) is 0 Å². The van der Waals surface area contributed by atoms with E-state index in [1.807, 2.05) is 0 Å². The summed E-state index contributed by atoms with van der Waals surface area (Å²) in [6, 6.07) is 7.15. The highest BCUT2D eigenvalue weighted by atomic mass is 32.1. The number of amides is 1. The molecule has 0 spiro atoms. The lowest BCUT2D eigenvalue weighted by molar-refractivity contribution is -0.139. The maximum Gasteiger partial charge on any atom is 0.341 e. The Morgan fingerprint density at radius 3 is 2.76 bits per heavy atom. The number of benzene rings is 1. The van der Waals surface area contributed by atoms with Crippen LogP contribution in [-0.4, -0.2) is 39.6 Å². The van der Waals surface area contributed by atoms with Gasteiger partial charge in [0, 0.05) is 11.6 Å². The maximum absolute atomic E-state index is 12.8. The lowest BCUT2D eigenvalue weighted by Crippen LogP contribution is -2.41. The Morgan fingerprint density at radius 1 is 1.32 bits per heavy atom. The van der Waals surface area contributed by atoms with Gasteiger partial charge in [0.2, 0.25) is 0 Å². The van der Waals surface area contributed by atoms with Crippen molar-refractivity contribution in [1.82, 2.24) is 10.2 Å². The Bertz CT molecular complexity index is 726. The van der Waals surface area contributed by atoms with Gasteiger partial charge in [0.05, 0.1) is 0 Å². The largest absolute Gasteiger partial charge is 0.481 e. The summed E-state index contributed by atoms with van der Waals surface area (Å²) in [6.07, 6.45) is 7.03. The molecule has 1 heterocycles. The van der Waals surface area contributed by atoms with Crippen molar-refractivity contribution in [3.8, 4) is 5.75 Å². The van der Waals surface area contributed by atoms with Crippen molar-refractivity contribution in [2.45, 2.75) is 38.1 Å². The number of nitrogens with one attached hydrogen (secondary N) is 1. The molecular formula is C18H20N2O4S. The second-order valence-corrected chi connectivity index (χ2v) is 6.56. The molecule has 3 rings (SSSR count). The van der Waals surface area contributed by atoms with Gasteiger partial charge in [-0.2, -0.15) is 0 Å². The van der Waals surface area contributed by atoms with Crippen LogP contribution in [-0.2, 0) is 9.59 Å². The highest BCUT2D eigenvalue weighted by Gasteiger charge is 2.36. The first kappa shape index (κ1) is 17.4. The predicted molar refractivity (Wildman–Crippen MR) is 97.0 cm³/mol. The van der Waals surface area contributed by atoms with Gasteiger partial charge in [-0.05, 0) is 37.2 Å². The number of ether oxygens (including phenoxy) is 1. The van der Waals surface area contributed by atoms with E-state index in [2.05, 4.69) is 5.32 Å². The van der Waals surface area contributed by atoms with E-state index in [9.17, 15) is 9.59 Å². The van der Waals surface area contributed by atoms with Crippen LogP contribution in [0.4, 0.5) is 0 Å². The summed E-state index contributed by atoms with van der Waals surface area (Å²) in [7, 11) is 0.